The van der Waals surface area contributed by atoms with Gasteiger partial charge in [0, 0.05) is 0 Å². The normalized spacial score (nSPS) is 11.4. The molecule has 0 saturated carbocycles. The van der Waals surface area contributed by atoms with E-state index >= 15 is 0 Å². The number of carboxylic acid groups (broad SMARTS) is 1. The quantitative estimate of drug-likeness (QED) is 0.566. The minimum atomic E-state index is -1.53. The van der Waals surface area contributed by atoms with Gasteiger partial charge < -0.3 is 10.2 Å². The molecule has 0 amide bonds. The van der Waals surface area contributed by atoms with Crippen molar-refractivity contribution in [1.29, 1.82) is 0 Å². The van der Waals surface area contributed by atoms with E-state index < -0.39 is 23.4 Å². The molecule has 0 saturated heterocycles. The summed E-state index contributed by atoms with van der Waals surface area (Å²) >= 11 is 0. The van der Waals surface area contributed by atoms with Gasteiger partial charge in [0.2, 0.25) is 5.76 Å². The maximum atomic E-state index is 12.6. The van der Waals surface area contributed by atoms with E-state index in [-0.39, 0.29) is 5.56 Å². The molecule has 1 rings (SSSR count). The van der Waals surface area contributed by atoms with Crippen LogP contribution < -0.4 is 0 Å². The summed E-state index contributed by atoms with van der Waals surface area (Å²) in [5.74, 6) is -4.60. The number of aliphatic hydroxyl groups is 1. The van der Waals surface area contributed by atoms with Gasteiger partial charge in [-0.1, -0.05) is 6.07 Å². The molecule has 0 unspecified atom stereocenters. The van der Waals surface area contributed by atoms with Crippen LogP contribution in [0.4, 0.5) is 8.78 Å². The number of carboxylic acids is 1. The summed E-state index contributed by atoms with van der Waals surface area (Å²) in [6.07, 6.45) is 0.824. The van der Waals surface area contributed by atoms with Gasteiger partial charge >= 0.3 is 5.97 Å². The SMILES string of the molecule is O=C(O)/C(O)=C/c1ccc(F)c(F)c1. The Kier molecular flexibility index (Phi) is 2.81. The van der Waals surface area contributed by atoms with Crippen LogP contribution in [0.1, 0.15) is 5.56 Å². The standard InChI is InChI=1S/C9H6F2O3/c10-6-2-1-5(3-7(6)11)4-8(12)9(13)14/h1-4,12H,(H,13,14)/b8-4-. The zero-order chi connectivity index (χ0) is 10.7. The molecule has 14 heavy (non-hydrogen) atoms. The molecule has 0 bridgehead atoms. The lowest BCUT2D eigenvalue weighted by Gasteiger charge is -1.96. The molecule has 0 atom stereocenters. The van der Waals surface area contributed by atoms with Gasteiger partial charge in [0.1, 0.15) is 0 Å². The van der Waals surface area contributed by atoms with Crippen LogP contribution in [0, 0.1) is 11.6 Å². The highest BCUT2D eigenvalue weighted by atomic mass is 19.2. The summed E-state index contributed by atoms with van der Waals surface area (Å²) in [6, 6.07) is 2.78. The van der Waals surface area contributed by atoms with Crippen molar-refractivity contribution in [3.05, 3.63) is 41.2 Å². The Hall–Kier alpha value is -1.91. The summed E-state index contributed by atoms with van der Waals surface area (Å²) < 4.78 is 25.0. The predicted octanol–water partition coefficient (Wildman–Crippen LogP) is 1.95. The van der Waals surface area contributed by atoms with Gasteiger partial charge in [0.15, 0.2) is 11.6 Å². The van der Waals surface area contributed by atoms with E-state index in [1.165, 1.54) is 0 Å². The van der Waals surface area contributed by atoms with Crippen molar-refractivity contribution < 1.29 is 23.8 Å². The van der Waals surface area contributed by atoms with E-state index in [1.54, 1.807) is 0 Å². The van der Waals surface area contributed by atoms with Crippen molar-refractivity contribution >= 4 is 12.0 Å². The van der Waals surface area contributed by atoms with E-state index in [4.69, 9.17) is 10.2 Å². The van der Waals surface area contributed by atoms with Crippen molar-refractivity contribution in [2.45, 2.75) is 0 Å². The van der Waals surface area contributed by atoms with Gasteiger partial charge in [-0.15, -0.1) is 0 Å². The Morgan fingerprint density at radius 3 is 2.36 bits per heavy atom. The van der Waals surface area contributed by atoms with Gasteiger partial charge in [-0.2, -0.15) is 0 Å². The summed E-state index contributed by atoms with van der Waals surface area (Å²) in [4.78, 5) is 10.2. The van der Waals surface area contributed by atoms with Crippen molar-refractivity contribution in [3.8, 4) is 0 Å². The first-order valence-corrected chi connectivity index (χ1v) is 3.59. The van der Waals surface area contributed by atoms with Crippen molar-refractivity contribution in [2.75, 3.05) is 0 Å². The van der Waals surface area contributed by atoms with Crippen LogP contribution in [0.3, 0.4) is 0 Å². The molecule has 1 aromatic carbocycles. The lowest BCUT2D eigenvalue weighted by atomic mass is 10.2. The lowest BCUT2D eigenvalue weighted by molar-refractivity contribution is -0.135. The smallest absolute Gasteiger partial charge is 0.370 e. The van der Waals surface area contributed by atoms with E-state index in [0.29, 0.717) is 0 Å². The number of rotatable bonds is 2. The molecule has 74 valence electrons. The molecule has 0 fully saturated rings. The zero-order valence-corrected chi connectivity index (χ0v) is 6.87. The molecule has 5 heteroatoms. The second kappa shape index (κ2) is 3.87. The van der Waals surface area contributed by atoms with Gasteiger partial charge in [0.05, 0.1) is 0 Å². The predicted molar refractivity (Wildman–Crippen MR) is 44.6 cm³/mol. The fourth-order valence-corrected chi connectivity index (χ4v) is 0.822. The molecular formula is C9H6F2O3. The number of benzene rings is 1. The fraction of sp³-hybridized carbons (Fsp3) is 0. The summed E-state index contributed by atoms with van der Waals surface area (Å²) in [6.45, 7) is 0. The van der Waals surface area contributed by atoms with Gasteiger partial charge in [0.25, 0.3) is 0 Å². The molecule has 0 aliphatic carbocycles. The van der Waals surface area contributed by atoms with Crippen LogP contribution in [-0.4, -0.2) is 16.2 Å². The zero-order valence-electron chi connectivity index (χ0n) is 6.87. The highest BCUT2D eigenvalue weighted by molar-refractivity contribution is 5.89. The second-order valence-electron chi connectivity index (χ2n) is 2.51. The number of aliphatic carboxylic acids is 1. The molecular weight excluding hydrogens is 194 g/mol. The molecule has 0 aliphatic heterocycles. The Morgan fingerprint density at radius 2 is 1.86 bits per heavy atom. The largest absolute Gasteiger partial charge is 0.502 e. The maximum absolute atomic E-state index is 12.6. The molecule has 0 heterocycles. The second-order valence-corrected chi connectivity index (χ2v) is 2.51. The first-order chi connectivity index (χ1) is 6.50. The number of aliphatic hydroxyl groups excluding tert-OH is 1. The Morgan fingerprint density at radius 1 is 1.21 bits per heavy atom. The summed E-state index contributed by atoms with van der Waals surface area (Å²) in [5, 5.41) is 17.1. The molecule has 1 aromatic rings. The Balaban J connectivity index is 3.04. The van der Waals surface area contributed by atoms with Gasteiger partial charge in [-0.05, 0) is 23.8 Å². The fourth-order valence-electron chi connectivity index (χ4n) is 0.822. The topological polar surface area (TPSA) is 57.5 Å². The third-order valence-electron chi connectivity index (χ3n) is 1.47. The first-order valence-electron chi connectivity index (χ1n) is 3.59. The number of halogens is 2. The Labute approximate surface area is 77.9 Å². The molecule has 0 radical (unpaired) electrons. The molecule has 0 spiro atoms. The molecule has 2 N–H and O–H groups in total. The van der Waals surface area contributed by atoms with Gasteiger partial charge in [-0.3, -0.25) is 0 Å². The third kappa shape index (κ3) is 2.29. The van der Waals surface area contributed by atoms with E-state index in [9.17, 15) is 13.6 Å². The number of hydrogen-bond donors (Lipinski definition) is 2. The van der Waals surface area contributed by atoms with E-state index in [1.807, 2.05) is 0 Å². The van der Waals surface area contributed by atoms with Crippen LogP contribution in [0.5, 0.6) is 0 Å². The molecule has 0 aromatic heterocycles. The first kappa shape index (κ1) is 10.2. The Bertz CT molecular complexity index is 399. The van der Waals surface area contributed by atoms with Crippen LogP contribution in [0.2, 0.25) is 0 Å². The van der Waals surface area contributed by atoms with E-state index in [2.05, 4.69) is 0 Å². The van der Waals surface area contributed by atoms with Crippen LogP contribution in [0.25, 0.3) is 6.08 Å². The lowest BCUT2D eigenvalue weighted by Crippen LogP contribution is -1.98. The third-order valence-corrected chi connectivity index (χ3v) is 1.47. The number of hydrogen-bond acceptors (Lipinski definition) is 2. The average Bonchev–Trinajstić information content (AvgIpc) is 2.11. The molecule has 3 nitrogen and oxygen atoms in total. The van der Waals surface area contributed by atoms with Gasteiger partial charge in [-0.25, -0.2) is 13.6 Å². The molecule has 0 aliphatic rings. The summed E-state index contributed by atoms with van der Waals surface area (Å²) in [5.41, 5.74) is 0.0730. The van der Waals surface area contributed by atoms with Crippen molar-refractivity contribution in [3.63, 3.8) is 0 Å². The minimum Gasteiger partial charge on any atom is -0.502 e. The highest BCUT2D eigenvalue weighted by Crippen LogP contribution is 2.11. The van der Waals surface area contributed by atoms with Crippen LogP contribution in [0.15, 0.2) is 24.0 Å². The van der Waals surface area contributed by atoms with Crippen molar-refractivity contribution in [1.82, 2.24) is 0 Å². The van der Waals surface area contributed by atoms with E-state index in [0.717, 1.165) is 24.3 Å². The van der Waals surface area contributed by atoms with Crippen LogP contribution in [-0.2, 0) is 4.79 Å². The highest BCUT2D eigenvalue weighted by Gasteiger charge is 2.05. The van der Waals surface area contributed by atoms with Crippen molar-refractivity contribution in [2.24, 2.45) is 0 Å². The van der Waals surface area contributed by atoms with Crippen LogP contribution >= 0.6 is 0 Å². The monoisotopic (exact) mass is 200 g/mol. The maximum Gasteiger partial charge on any atom is 0.370 e. The number of carbonyl (C=O) groups is 1. The summed E-state index contributed by atoms with van der Waals surface area (Å²) in [7, 11) is 0. The minimum absolute atomic E-state index is 0.0730. The average molecular weight is 200 g/mol.